The molecule has 0 fully saturated rings. The van der Waals surface area contributed by atoms with E-state index in [9.17, 15) is 4.39 Å². The maximum absolute atomic E-state index is 13.2. The Labute approximate surface area is 98.4 Å². The minimum absolute atomic E-state index is 0.280. The fourth-order valence-electron chi connectivity index (χ4n) is 1.23. The highest BCUT2D eigenvalue weighted by atomic mass is 79.9. The SMILES string of the molecule is N#Cc1cnc2cc(F)c(Br)cc2c1Cl. The topological polar surface area (TPSA) is 36.7 Å². The minimum atomic E-state index is -0.407. The van der Waals surface area contributed by atoms with Crippen LogP contribution in [0.2, 0.25) is 5.02 Å². The molecule has 2 nitrogen and oxygen atoms in total. The molecular weight excluding hydrogens is 282 g/mol. The van der Waals surface area contributed by atoms with Crippen LogP contribution in [0.15, 0.2) is 22.8 Å². The largest absolute Gasteiger partial charge is 0.255 e. The molecule has 0 radical (unpaired) electrons. The van der Waals surface area contributed by atoms with E-state index in [4.69, 9.17) is 16.9 Å². The van der Waals surface area contributed by atoms with Crippen LogP contribution in [0.1, 0.15) is 5.56 Å². The molecule has 74 valence electrons. The van der Waals surface area contributed by atoms with Gasteiger partial charge in [0, 0.05) is 17.6 Å². The molecule has 0 spiro atoms. The summed E-state index contributed by atoms with van der Waals surface area (Å²) in [7, 11) is 0. The first-order chi connectivity index (χ1) is 7.13. The van der Waals surface area contributed by atoms with Gasteiger partial charge in [-0.05, 0) is 22.0 Å². The molecule has 1 heterocycles. The highest BCUT2D eigenvalue weighted by Gasteiger charge is 2.09. The zero-order valence-corrected chi connectivity index (χ0v) is 9.60. The van der Waals surface area contributed by atoms with Gasteiger partial charge in [-0.15, -0.1) is 0 Å². The van der Waals surface area contributed by atoms with Gasteiger partial charge in [-0.3, -0.25) is 4.98 Å². The number of benzene rings is 1. The molecule has 1 aromatic carbocycles. The third-order valence-electron chi connectivity index (χ3n) is 1.96. The number of fused-ring (bicyclic) bond motifs is 1. The molecule has 0 unspecified atom stereocenters. The van der Waals surface area contributed by atoms with Crippen molar-refractivity contribution < 1.29 is 4.39 Å². The third kappa shape index (κ3) is 1.69. The van der Waals surface area contributed by atoms with E-state index in [1.807, 2.05) is 6.07 Å². The lowest BCUT2D eigenvalue weighted by molar-refractivity contribution is 0.623. The predicted octanol–water partition coefficient (Wildman–Crippen LogP) is 3.66. The highest BCUT2D eigenvalue weighted by Crippen LogP contribution is 2.29. The van der Waals surface area contributed by atoms with Gasteiger partial charge in [-0.25, -0.2) is 4.39 Å². The molecule has 0 bridgehead atoms. The van der Waals surface area contributed by atoms with Crippen LogP contribution >= 0.6 is 27.5 Å². The van der Waals surface area contributed by atoms with Crippen LogP contribution in [-0.2, 0) is 0 Å². The lowest BCUT2D eigenvalue weighted by atomic mass is 10.1. The maximum atomic E-state index is 13.2. The molecule has 5 heteroatoms. The van der Waals surface area contributed by atoms with Crippen LogP contribution in [0, 0.1) is 17.1 Å². The standard InChI is InChI=1S/C10H3BrClFN2/c11-7-1-6-9(2-8(7)13)15-4-5(3-14)10(6)12/h1-2,4H. The van der Waals surface area contributed by atoms with E-state index in [0.29, 0.717) is 20.4 Å². The number of hydrogen-bond acceptors (Lipinski definition) is 2. The van der Waals surface area contributed by atoms with Gasteiger partial charge in [0.25, 0.3) is 0 Å². The maximum Gasteiger partial charge on any atom is 0.139 e. The van der Waals surface area contributed by atoms with Crippen molar-refractivity contribution in [2.75, 3.05) is 0 Å². The van der Waals surface area contributed by atoms with Crippen molar-refractivity contribution in [3.63, 3.8) is 0 Å². The van der Waals surface area contributed by atoms with Crippen LogP contribution in [-0.4, -0.2) is 4.98 Å². The van der Waals surface area contributed by atoms with Crippen LogP contribution in [0.3, 0.4) is 0 Å². The predicted molar refractivity (Wildman–Crippen MR) is 59.1 cm³/mol. The lowest BCUT2D eigenvalue weighted by Crippen LogP contribution is -1.87. The van der Waals surface area contributed by atoms with Crippen molar-refractivity contribution in [1.82, 2.24) is 4.98 Å². The van der Waals surface area contributed by atoms with Gasteiger partial charge in [0.2, 0.25) is 0 Å². The van der Waals surface area contributed by atoms with Gasteiger partial charge in [-0.2, -0.15) is 5.26 Å². The van der Waals surface area contributed by atoms with Gasteiger partial charge < -0.3 is 0 Å². The molecule has 0 saturated heterocycles. The van der Waals surface area contributed by atoms with E-state index in [-0.39, 0.29) is 5.56 Å². The fraction of sp³-hybridized carbons (Fsp3) is 0. The molecular formula is C10H3BrClFN2. The molecule has 0 atom stereocenters. The third-order valence-corrected chi connectivity index (χ3v) is 2.98. The van der Waals surface area contributed by atoms with E-state index < -0.39 is 5.82 Å². The normalized spacial score (nSPS) is 10.3. The molecule has 2 rings (SSSR count). The van der Waals surface area contributed by atoms with Crippen LogP contribution in [0.5, 0.6) is 0 Å². The van der Waals surface area contributed by atoms with E-state index in [1.54, 1.807) is 0 Å². The van der Waals surface area contributed by atoms with Gasteiger partial charge in [0.05, 0.1) is 20.6 Å². The van der Waals surface area contributed by atoms with E-state index in [1.165, 1.54) is 18.3 Å². The number of halogens is 3. The summed E-state index contributed by atoms with van der Waals surface area (Å²) in [6.45, 7) is 0. The van der Waals surface area contributed by atoms with Crippen LogP contribution in [0.25, 0.3) is 10.9 Å². The van der Waals surface area contributed by atoms with Crippen molar-refractivity contribution in [3.05, 3.63) is 39.2 Å². The second-order valence-corrected chi connectivity index (χ2v) is 4.11. The first-order valence-corrected chi connectivity index (χ1v) is 5.14. The van der Waals surface area contributed by atoms with Gasteiger partial charge >= 0.3 is 0 Å². The summed E-state index contributed by atoms with van der Waals surface area (Å²) in [6, 6.07) is 4.70. The lowest BCUT2D eigenvalue weighted by Gasteiger charge is -2.02. The van der Waals surface area contributed by atoms with E-state index >= 15 is 0 Å². The van der Waals surface area contributed by atoms with Crippen LogP contribution in [0.4, 0.5) is 4.39 Å². The summed E-state index contributed by atoms with van der Waals surface area (Å²) in [4.78, 5) is 3.95. The van der Waals surface area contributed by atoms with Crippen molar-refractivity contribution >= 4 is 38.4 Å². The summed E-state index contributed by atoms with van der Waals surface area (Å²) in [5.41, 5.74) is 0.711. The van der Waals surface area contributed by atoms with E-state index in [2.05, 4.69) is 20.9 Å². The molecule has 0 saturated carbocycles. The average Bonchev–Trinajstić information content (AvgIpc) is 2.22. The quantitative estimate of drug-likeness (QED) is 0.740. The molecule has 2 aromatic rings. The molecule has 0 N–H and O–H groups in total. The Morgan fingerprint density at radius 2 is 2.20 bits per heavy atom. The summed E-state index contributed by atoms with van der Waals surface area (Å²) >= 11 is 9.01. The number of pyridine rings is 1. The summed E-state index contributed by atoms with van der Waals surface area (Å²) in [5.74, 6) is -0.407. The molecule has 0 aliphatic rings. The van der Waals surface area contributed by atoms with Crippen molar-refractivity contribution in [3.8, 4) is 6.07 Å². The first-order valence-electron chi connectivity index (χ1n) is 3.97. The number of aromatic nitrogens is 1. The van der Waals surface area contributed by atoms with E-state index in [0.717, 1.165) is 0 Å². The molecule has 0 aliphatic heterocycles. The van der Waals surface area contributed by atoms with Gasteiger partial charge in [-0.1, -0.05) is 11.6 Å². The Kier molecular flexibility index (Phi) is 2.59. The smallest absolute Gasteiger partial charge is 0.139 e. The first kappa shape index (κ1) is 10.3. The van der Waals surface area contributed by atoms with Crippen molar-refractivity contribution in [2.45, 2.75) is 0 Å². The second kappa shape index (κ2) is 3.76. The number of rotatable bonds is 0. The Morgan fingerprint density at radius 3 is 2.87 bits per heavy atom. The highest BCUT2D eigenvalue weighted by molar-refractivity contribution is 9.10. The summed E-state index contributed by atoms with van der Waals surface area (Å²) in [5, 5.41) is 9.60. The zero-order valence-electron chi connectivity index (χ0n) is 7.26. The minimum Gasteiger partial charge on any atom is -0.255 e. The van der Waals surface area contributed by atoms with Crippen molar-refractivity contribution in [1.29, 1.82) is 5.26 Å². The van der Waals surface area contributed by atoms with Crippen molar-refractivity contribution in [2.24, 2.45) is 0 Å². The molecule has 0 aliphatic carbocycles. The Bertz CT molecular complexity index is 592. The fourth-order valence-corrected chi connectivity index (χ4v) is 1.82. The molecule has 1 aromatic heterocycles. The second-order valence-electron chi connectivity index (χ2n) is 2.88. The Balaban J connectivity index is 2.89. The summed E-state index contributed by atoms with van der Waals surface area (Å²) < 4.78 is 13.5. The number of hydrogen-bond donors (Lipinski definition) is 0. The number of nitriles is 1. The van der Waals surface area contributed by atoms with Gasteiger partial charge in [0.1, 0.15) is 11.9 Å². The molecule has 15 heavy (non-hydrogen) atoms. The zero-order chi connectivity index (χ0) is 11.0. The average molecular weight is 286 g/mol. The molecule has 0 amide bonds. The van der Waals surface area contributed by atoms with Crippen LogP contribution < -0.4 is 0 Å². The number of nitrogens with zero attached hydrogens (tertiary/aromatic N) is 2. The summed E-state index contributed by atoms with van der Waals surface area (Å²) in [6.07, 6.45) is 1.33. The van der Waals surface area contributed by atoms with Gasteiger partial charge in [0.15, 0.2) is 0 Å². The Hall–Kier alpha value is -1.18. The monoisotopic (exact) mass is 284 g/mol. The Morgan fingerprint density at radius 1 is 1.47 bits per heavy atom.